The molecule has 7 nitrogen and oxygen atoms in total. The minimum absolute atomic E-state index is 0.185. The number of benzene rings is 2. The fraction of sp³-hybridized carbons (Fsp3) is 0.133. The maximum absolute atomic E-state index is 13.9. The predicted octanol–water partition coefficient (Wildman–Crippen LogP) is 5.62. The molecule has 0 aliphatic carbocycles. The fourth-order valence-electron chi connectivity index (χ4n) is 4.66. The Hall–Kier alpha value is -4.28. The number of anilines is 1. The smallest absolute Gasteiger partial charge is 0.240 e. The molecule has 0 saturated heterocycles. The number of halogens is 1. The number of aromatic nitrogens is 3. The van der Waals surface area contributed by atoms with E-state index in [1.165, 1.54) is 28.8 Å². The molecule has 2 aromatic carbocycles. The molecule has 1 atom stereocenters. The molecule has 1 N–H and O–H groups in total. The summed E-state index contributed by atoms with van der Waals surface area (Å²) in [7, 11) is 0. The number of hydrogen-bond acceptors (Lipinski definition) is 6. The van der Waals surface area contributed by atoms with Crippen LogP contribution in [0.3, 0.4) is 0 Å². The summed E-state index contributed by atoms with van der Waals surface area (Å²) in [5, 5.41) is 9.73. The number of carbonyl (C=O) groups excluding carboxylic acids is 2. The molecule has 1 aliphatic heterocycles. The summed E-state index contributed by atoms with van der Waals surface area (Å²) in [6.07, 6.45) is 3.36. The van der Waals surface area contributed by atoms with Crippen LogP contribution in [0.1, 0.15) is 21.3 Å². The van der Waals surface area contributed by atoms with Gasteiger partial charge < -0.3 is 5.32 Å². The number of nitrogens with one attached hydrogen (secondary N) is 1. The Morgan fingerprint density at radius 2 is 1.85 bits per heavy atom. The molecule has 0 radical (unpaired) electrons. The minimum atomic E-state index is -0.375. The lowest BCUT2D eigenvalue weighted by molar-refractivity contribution is -0.123. The molecule has 200 valence electrons. The maximum atomic E-state index is 13.9. The van der Waals surface area contributed by atoms with Crippen molar-refractivity contribution in [2.45, 2.75) is 11.8 Å². The van der Waals surface area contributed by atoms with E-state index in [-0.39, 0.29) is 35.2 Å². The Labute approximate surface area is 238 Å². The first-order valence-corrected chi connectivity index (χ1v) is 14.6. The van der Waals surface area contributed by atoms with Crippen molar-refractivity contribution in [2.75, 3.05) is 17.2 Å². The Bertz CT molecular complexity index is 1620. The van der Waals surface area contributed by atoms with Gasteiger partial charge in [0.15, 0.2) is 0 Å². The van der Waals surface area contributed by atoms with E-state index in [2.05, 4.69) is 16.4 Å². The zero-order valence-electron chi connectivity index (χ0n) is 21.2. The van der Waals surface area contributed by atoms with Crippen molar-refractivity contribution >= 4 is 40.7 Å². The number of rotatable bonds is 7. The number of fused-ring (bicyclic) bond motifs is 1. The van der Waals surface area contributed by atoms with Crippen LogP contribution < -0.4 is 10.2 Å². The highest BCUT2D eigenvalue weighted by Gasteiger charge is 2.38. The second kappa shape index (κ2) is 11.4. The van der Waals surface area contributed by atoms with Crippen LogP contribution in [-0.4, -0.2) is 38.9 Å². The zero-order valence-corrected chi connectivity index (χ0v) is 22.9. The molecule has 0 spiro atoms. The second-order valence-corrected chi connectivity index (χ2v) is 11.2. The molecule has 2 amide bonds. The van der Waals surface area contributed by atoms with E-state index in [0.717, 1.165) is 21.6 Å². The highest BCUT2D eigenvalue weighted by Crippen LogP contribution is 2.49. The molecule has 5 aromatic rings. The number of thioether (sulfide) groups is 1. The van der Waals surface area contributed by atoms with Crippen LogP contribution in [0.15, 0.2) is 96.6 Å². The molecule has 10 heteroatoms. The van der Waals surface area contributed by atoms with Gasteiger partial charge in [-0.15, -0.1) is 23.1 Å². The first-order valence-electron chi connectivity index (χ1n) is 12.6. The van der Waals surface area contributed by atoms with Crippen molar-refractivity contribution in [3.63, 3.8) is 0 Å². The Balaban J connectivity index is 1.49. The molecular weight excluding hydrogens is 545 g/mol. The predicted molar refractivity (Wildman–Crippen MR) is 156 cm³/mol. The minimum Gasteiger partial charge on any atom is -0.350 e. The molecule has 40 heavy (non-hydrogen) atoms. The van der Waals surface area contributed by atoms with E-state index in [1.54, 1.807) is 46.6 Å². The number of nitrogens with zero attached hydrogens (tertiary/aromatic N) is 4. The third kappa shape index (κ3) is 5.28. The van der Waals surface area contributed by atoms with Crippen LogP contribution in [-0.2, 0) is 16.1 Å². The highest BCUT2D eigenvalue weighted by molar-refractivity contribution is 8.00. The number of pyridine rings is 1. The van der Waals surface area contributed by atoms with Gasteiger partial charge in [0, 0.05) is 34.9 Å². The molecule has 1 unspecified atom stereocenters. The molecule has 3 aromatic heterocycles. The van der Waals surface area contributed by atoms with Crippen LogP contribution in [0.5, 0.6) is 0 Å². The Kier molecular flexibility index (Phi) is 7.43. The summed E-state index contributed by atoms with van der Waals surface area (Å²) in [5.41, 5.74) is 3.88. The molecule has 0 saturated carbocycles. The van der Waals surface area contributed by atoms with Gasteiger partial charge in [-0.3, -0.25) is 19.5 Å². The second-order valence-electron chi connectivity index (χ2n) is 9.16. The number of hydrogen-bond donors (Lipinski definition) is 1. The van der Waals surface area contributed by atoms with Crippen molar-refractivity contribution in [3.05, 3.63) is 118 Å². The van der Waals surface area contributed by atoms with Gasteiger partial charge in [-0.1, -0.05) is 42.5 Å². The molecule has 4 heterocycles. The van der Waals surface area contributed by atoms with Gasteiger partial charge >= 0.3 is 0 Å². The van der Waals surface area contributed by atoms with E-state index in [0.29, 0.717) is 23.7 Å². The third-order valence-corrected chi connectivity index (χ3v) is 8.85. The van der Waals surface area contributed by atoms with Crippen LogP contribution >= 0.6 is 23.1 Å². The highest BCUT2D eigenvalue weighted by atomic mass is 32.2. The summed E-state index contributed by atoms with van der Waals surface area (Å²) in [5.74, 6) is -0.193. The summed E-state index contributed by atoms with van der Waals surface area (Å²) < 4.78 is 15.6. The van der Waals surface area contributed by atoms with Crippen LogP contribution in [0.4, 0.5) is 10.2 Å². The monoisotopic (exact) mass is 569 g/mol. The molecule has 1 aliphatic rings. The van der Waals surface area contributed by atoms with Crippen LogP contribution in [0.25, 0.3) is 16.9 Å². The topological polar surface area (TPSA) is 80.1 Å². The van der Waals surface area contributed by atoms with Crippen molar-refractivity contribution in [1.82, 2.24) is 20.1 Å². The van der Waals surface area contributed by atoms with E-state index in [1.807, 2.05) is 47.8 Å². The third-order valence-electron chi connectivity index (χ3n) is 6.52. The summed E-state index contributed by atoms with van der Waals surface area (Å²) in [6, 6.07) is 23.5. The first kappa shape index (κ1) is 26.0. The average molecular weight is 570 g/mol. The van der Waals surface area contributed by atoms with Crippen molar-refractivity contribution in [1.29, 1.82) is 0 Å². The Morgan fingerprint density at radius 3 is 2.58 bits per heavy atom. The van der Waals surface area contributed by atoms with Crippen LogP contribution in [0.2, 0.25) is 0 Å². The standard InChI is InChI=1S/C30H24FN5O2S2/c31-22-10-12-23(13-11-22)36-30-27(28(34-36)21-7-2-1-3-8-21)29(24-9-5-15-39-24)40-19-26(38)35(30)18-25(37)33-17-20-6-4-14-32-16-20/h1-16,29H,17-19H2,(H,33,37). The lowest BCUT2D eigenvalue weighted by Crippen LogP contribution is -2.42. The maximum Gasteiger partial charge on any atom is 0.240 e. The van der Waals surface area contributed by atoms with Crippen molar-refractivity contribution < 1.29 is 14.0 Å². The quantitative estimate of drug-likeness (QED) is 0.275. The van der Waals surface area contributed by atoms with Crippen molar-refractivity contribution in [2.24, 2.45) is 0 Å². The molecule has 6 rings (SSSR count). The average Bonchev–Trinajstić information content (AvgIpc) is 3.63. The fourth-order valence-corrected chi connectivity index (χ4v) is 6.83. The van der Waals surface area contributed by atoms with E-state index >= 15 is 0 Å². The first-order chi connectivity index (χ1) is 19.6. The van der Waals surface area contributed by atoms with Gasteiger partial charge in [0.2, 0.25) is 11.8 Å². The summed E-state index contributed by atoms with van der Waals surface area (Å²) in [4.78, 5) is 33.6. The van der Waals surface area contributed by atoms with Crippen LogP contribution in [0, 0.1) is 5.82 Å². The van der Waals surface area contributed by atoms with Gasteiger partial charge in [0.1, 0.15) is 18.2 Å². The number of amides is 2. The van der Waals surface area contributed by atoms with E-state index in [9.17, 15) is 14.0 Å². The van der Waals surface area contributed by atoms with Crippen molar-refractivity contribution in [3.8, 4) is 16.9 Å². The number of carbonyl (C=O) groups is 2. The normalized spacial score (nSPS) is 15.0. The van der Waals surface area contributed by atoms with Gasteiger partial charge in [-0.25, -0.2) is 9.07 Å². The van der Waals surface area contributed by atoms with Gasteiger partial charge in [-0.2, -0.15) is 5.10 Å². The SMILES string of the molecule is O=C(CN1C(=O)CSC(c2cccs2)c2c(-c3ccccc3)nn(-c3ccc(F)cc3)c21)NCc1cccnc1. The summed E-state index contributed by atoms with van der Waals surface area (Å²) in [6.45, 7) is 0.103. The summed E-state index contributed by atoms with van der Waals surface area (Å²) >= 11 is 3.13. The Morgan fingerprint density at radius 1 is 1.02 bits per heavy atom. The van der Waals surface area contributed by atoms with E-state index < -0.39 is 0 Å². The van der Waals surface area contributed by atoms with Gasteiger partial charge in [0.25, 0.3) is 0 Å². The van der Waals surface area contributed by atoms with Gasteiger partial charge in [-0.05, 0) is 47.3 Å². The number of thiophene rings is 1. The molecule has 0 fully saturated rings. The molecule has 0 bridgehead atoms. The largest absolute Gasteiger partial charge is 0.350 e. The molecular formula is C30H24FN5O2S2. The lowest BCUT2D eigenvalue weighted by Gasteiger charge is -2.23. The lowest BCUT2D eigenvalue weighted by atomic mass is 10.0. The van der Waals surface area contributed by atoms with E-state index in [4.69, 9.17) is 5.10 Å². The zero-order chi connectivity index (χ0) is 27.5. The van der Waals surface area contributed by atoms with Gasteiger partial charge in [0.05, 0.1) is 22.4 Å².